The van der Waals surface area contributed by atoms with Crippen LogP contribution < -0.4 is 10.2 Å². The van der Waals surface area contributed by atoms with Gasteiger partial charge >= 0.3 is 5.97 Å². The molecule has 1 aromatic heterocycles. The van der Waals surface area contributed by atoms with Crippen LogP contribution in [-0.4, -0.2) is 62.1 Å². The summed E-state index contributed by atoms with van der Waals surface area (Å²) in [6.45, 7) is 7.36. The first-order valence-corrected chi connectivity index (χ1v) is 9.37. The molecule has 27 heavy (non-hydrogen) atoms. The Morgan fingerprint density at radius 1 is 1.37 bits per heavy atom. The Hall–Kier alpha value is -1.58. The molecule has 0 amide bonds. The molecule has 0 saturated carbocycles. The van der Waals surface area contributed by atoms with Crippen LogP contribution in [0.25, 0.3) is 0 Å². The Morgan fingerprint density at radius 2 is 2.07 bits per heavy atom. The summed E-state index contributed by atoms with van der Waals surface area (Å²) in [4.78, 5) is 25.4. The summed E-state index contributed by atoms with van der Waals surface area (Å²) >= 11 is 0. The molecule has 0 spiro atoms. The fourth-order valence-corrected chi connectivity index (χ4v) is 3.13. The normalized spacial score (nSPS) is 15.1. The predicted octanol–water partition coefficient (Wildman–Crippen LogP) is 2.51. The van der Waals surface area contributed by atoms with E-state index in [-0.39, 0.29) is 35.9 Å². The number of esters is 1. The van der Waals surface area contributed by atoms with E-state index in [1.54, 1.807) is 6.20 Å². The van der Waals surface area contributed by atoms with Crippen molar-refractivity contribution in [2.24, 2.45) is 10.9 Å². The Bertz CT molecular complexity index is 616. The molecule has 0 aromatic carbocycles. The van der Waals surface area contributed by atoms with E-state index >= 15 is 0 Å². The number of carbonyl (C=O) groups excluding carboxylic acids is 1. The van der Waals surface area contributed by atoms with Crippen molar-refractivity contribution in [1.82, 2.24) is 15.2 Å². The number of guanidine groups is 1. The van der Waals surface area contributed by atoms with Gasteiger partial charge < -0.3 is 19.9 Å². The lowest BCUT2D eigenvalue weighted by atomic mass is 9.97. The molecule has 0 unspecified atom stereocenters. The minimum Gasteiger partial charge on any atom is -0.466 e. The first kappa shape index (κ1) is 23.5. The van der Waals surface area contributed by atoms with E-state index in [0.717, 1.165) is 49.8 Å². The van der Waals surface area contributed by atoms with Crippen molar-refractivity contribution < 1.29 is 9.53 Å². The Balaban J connectivity index is 0.00000364. The van der Waals surface area contributed by atoms with Crippen molar-refractivity contribution in [2.75, 3.05) is 45.2 Å². The van der Waals surface area contributed by atoms with Crippen LogP contribution in [0.5, 0.6) is 0 Å². The topological polar surface area (TPSA) is 70.1 Å². The number of nitrogens with one attached hydrogen (secondary N) is 1. The number of hydrogen-bond donors (Lipinski definition) is 1. The Kier molecular flexibility index (Phi) is 10.4. The summed E-state index contributed by atoms with van der Waals surface area (Å²) in [7, 11) is 3.97. The minimum absolute atomic E-state index is 0. The van der Waals surface area contributed by atoms with Crippen molar-refractivity contribution in [1.29, 1.82) is 0 Å². The van der Waals surface area contributed by atoms with E-state index in [0.29, 0.717) is 13.2 Å². The summed E-state index contributed by atoms with van der Waals surface area (Å²) in [5.41, 5.74) is 1.09. The summed E-state index contributed by atoms with van der Waals surface area (Å²) in [6.07, 6.45) is 3.41. The monoisotopic (exact) mass is 489 g/mol. The SMILES string of the molecule is CCNC(=NCc1cccnc1N(C)C)N1CCC(C(=O)OCC)CC1.I. The van der Waals surface area contributed by atoms with Gasteiger partial charge in [0.15, 0.2) is 5.96 Å². The summed E-state index contributed by atoms with van der Waals surface area (Å²) in [6, 6.07) is 4.00. The Labute approximate surface area is 179 Å². The van der Waals surface area contributed by atoms with E-state index in [2.05, 4.69) is 28.2 Å². The molecule has 0 radical (unpaired) electrons. The average molecular weight is 489 g/mol. The zero-order valence-electron chi connectivity index (χ0n) is 16.8. The molecule has 1 fully saturated rings. The second-order valence-corrected chi connectivity index (χ2v) is 6.56. The molecule has 0 aliphatic carbocycles. The molecule has 1 aliphatic heterocycles. The molecule has 8 heteroatoms. The number of pyridine rings is 1. The number of hydrogen-bond acceptors (Lipinski definition) is 5. The second kappa shape index (κ2) is 12.0. The fraction of sp³-hybridized carbons (Fsp3) is 0.632. The lowest BCUT2D eigenvalue weighted by Crippen LogP contribution is -2.46. The highest BCUT2D eigenvalue weighted by Crippen LogP contribution is 2.20. The molecule has 1 saturated heterocycles. The number of piperidine rings is 1. The second-order valence-electron chi connectivity index (χ2n) is 6.56. The number of aliphatic imine (C=N–C) groups is 1. The van der Waals surface area contributed by atoms with Gasteiger partial charge in [0.1, 0.15) is 5.82 Å². The van der Waals surface area contributed by atoms with E-state index in [4.69, 9.17) is 9.73 Å². The molecule has 2 heterocycles. The Morgan fingerprint density at radius 3 is 2.67 bits per heavy atom. The number of likely N-dealkylation sites (tertiary alicyclic amines) is 1. The maximum Gasteiger partial charge on any atom is 0.309 e. The zero-order chi connectivity index (χ0) is 18.9. The van der Waals surface area contributed by atoms with Crippen LogP contribution in [-0.2, 0) is 16.1 Å². The van der Waals surface area contributed by atoms with Crippen LogP contribution in [0, 0.1) is 5.92 Å². The van der Waals surface area contributed by atoms with Gasteiger partial charge in [0.05, 0.1) is 19.1 Å². The van der Waals surface area contributed by atoms with E-state index in [9.17, 15) is 4.79 Å². The van der Waals surface area contributed by atoms with Crippen LogP contribution in [0.3, 0.4) is 0 Å². The van der Waals surface area contributed by atoms with Gasteiger partial charge in [-0.15, -0.1) is 24.0 Å². The van der Waals surface area contributed by atoms with E-state index in [1.807, 2.05) is 32.0 Å². The molecule has 1 aliphatic rings. The number of rotatable bonds is 6. The van der Waals surface area contributed by atoms with Crippen molar-refractivity contribution in [2.45, 2.75) is 33.2 Å². The molecule has 152 valence electrons. The largest absolute Gasteiger partial charge is 0.466 e. The van der Waals surface area contributed by atoms with Gasteiger partial charge in [-0.3, -0.25) is 4.79 Å². The number of nitrogens with zero attached hydrogens (tertiary/aromatic N) is 4. The number of carbonyl (C=O) groups is 1. The molecule has 1 aromatic rings. The van der Waals surface area contributed by atoms with Crippen LogP contribution in [0.1, 0.15) is 32.3 Å². The highest BCUT2D eigenvalue weighted by atomic mass is 127. The number of anilines is 1. The molecule has 2 rings (SSSR count). The zero-order valence-corrected chi connectivity index (χ0v) is 19.1. The van der Waals surface area contributed by atoms with Gasteiger partial charge in [0, 0.05) is 45.5 Å². The minimum atomic E-state index is -0.0694. The standard InChI is InChI=1S/C19H31N5O2.HI/c1-5-20-19(22-14-16-8-7-11-21-17(16)23(3)4)24-12-9-15(10-13-24)18(25)26-6-2;/h7-8,11,15H,5-6,9-10,12-14H2,1-4H3,(H,20,22);1H. The molecule has 1 N–H and O–H groups in total. The van der Waals surface area contributed by atoms with E-state index < -0.39 is 0 Å². The van der Waals surface area contributed by atoms with Crippen LogP contribution in [0.2, 0.25) is 0 Å². The quantitative estimate of drug-likeness (QED) is 0.287. The molecule has 0 bridgehead atoms. The predicted molar refractivity (Wildman–Crippen MR) is 120 cm³/mol. The number of ether oxygens (including phenoxy) is 1. The third-order valence-corrected chi connectivity index (χ3v) is 4.44. The fourth-order valence-electron chi connectivity index (χ4n) is 3.13. The highest BCUT2D eigenvalue weighted by molar-refractivity contribution is 14.0. The van der Waals surface area contributed by atoms with E-state index in [1.165, 1.54) is 0 Å². The van der Waals surface area contributed by atoms with Gasteiger partial charge in [-0.25, -0.2) is 9.98 Å². The molecule has 7 nitrogen and oxygen atoms in total. The maximum atomic E-state index is 11.9. The van der Waals surface area contributed by atoms with Crippen LogP contribution >= 0.6 is 24.0 Å². The van der Waals surface area contributed by atoms with Gasteiger partial charge in [-0.2, -0.15) is 0 Å². The van der Waals surface area contributed by atoms with Crippen LogP contribution in [0.15, 0.2) is 23.3 Å². The number of aromatic nitrogens is 1. The van der Waals surface area contributed by atoms with Crippen molar-refractivity contribution >= 4 is 41.7 Å². The third-order valence-electron chi connectivity index (χ3n) is 4.44. The van der Waals surface area contributed by atoms with Gasteiger partial charge in [0.2, 0.25) is 0 Å². The summed E-state index contributed by atoms with van der Waals surface area (Å²) < 4.78 is 5.15. The van der Waals surface area contributed by atoms with Crippen LogP contribution in [0.4, 0.5) is 5.82 Å². The van der Waals surface area contributed by atoms with Crippen molar-refractivity contribution in [3.63, 3.8) is 0 Å². The van der Waals surface area contributed by atoms with Gasteiger partial charge in [-0.1, -0.05) is 6.07 Å². The number of halogens is 1. The molecular formula is C19H32IN5O2. The maximum absolute atomic E-state index is 11.9. The van der Waals surface area contributed by atoms with Gasteiger partial charge in [0.25, 0.3) is 0 Å². The lowest BCUT2D eigenvalue weighted by Gasteiger charge is -2.33. The first-order chi connectivity index (χ1) is 12.6. The molecule has 0 atom stereocenters. The smallest absolute Gasteiger partial charge is 0.309 e. The van der Waals surface area contributed by atoms with Crippen molar-refractivity contribution in [3.8, 4) is 0 Å². The van der Waals surface area contributed by atoms with Gasteiger partial charge in [-0.05, 0) is 32.8 Å². The first-order valence-electron chi connectivity index (χ1n) is 9.37. The summed E-state index contributed by atoms with van der Waals surface area (Å²) in [5.74, 6) is 1.77. The lowest BCUT2D eigenvalue weighted by molar-refractivity contribution is -0.149. The molecular weight excluding hydrogens is 457 g/mol. The third kappa shape index (κ3) is 6.82. The average Bonchev–Trinajstić information content (AvgIpc) is 2.65. The van der Waals surface area contributed by atoms with Crippen molar-refractivity contribution in [3.05, 3.63) is 23.9 Å². The highest BCUT2D eigenvalue weighted by Gasteiger charge is 2.27. The summed E-state index contributed by atoms with van der Waals surface area (Å²) in [5, 5.41) is 3.37.